The first-order valence-electron chi connectivity index (χ1n) is 10.0. The van der Waals surface area contributed by atoms with Crippen molar-refractivity contribution < 1.29 is 14.8 Å². The molecule has 2 N–H and O–H groups in total. The minimum Gasteiger partial charge on any atom is -0.762 e. The number of morpholine rings is 1. The summed E-state index contributed by atoms with van der Waals surface area (Å²) in [6.07, 6.45) is 0. The summed E-state index contributed by atoms with van der Waals surface area (Å²) in [6.45, 7) is 7.83. The molecular weight excluding hydrogens is 422 g/mol. The van der Waals surface area contributed by atoms with Crippen molar-refractivity contribution >= 4 is 23.0 Å². The number of nitrogens with two attached hydrogens (primary N) is 1. The normalized spacial score (nSPS) is 13.7. The highest BCUT2D eigenvalue weighted by molar-refractivity contribution is 7.12. The molecule has 0 bridgehead atoms. The maximum atomic E-state index is 13.3. The number of nitrogens with zero attached hydrogens (tertiary/aromatic N) is 4. The number of carbonyl (C=O) groups is 1. The fourth-order valence-corrected chi connectivity index (χ4v) is 4.43. The van der Waals surface area contributed by atoms with Crippen molar-refractivity contribution in [3.05, 3.63) is 68.3 Å². The lowest BCUT2D eigenvalue weighted by molar-refractivity contribution is -0.670. The van der Waals surface area contributed by atoms with Gasteiger partial charge in [-0.2, -0.15) is 15.8 Å². The van der Waals surface area contributed by atoms with Crippen molar-refractivity contribution in [2.45, 2.75) is 19.8 Å². The quantitative estimate of drug-likeness (QED) is 0.428. The molecule has 2 heterocycles. The first kappa shape index (κ1) is 24.7. The zero-order chi connectivity index (χ0) is 23.6. The summed E-state index contributed by atoms with van der Waals surface area (Å²) in [4.78, 5) is 14.9. The van der Waals surface area contributed by atoms with Crippen molar-refractivity contribution in [2.24, 2.45) is 5.41 Å². The van der Waals surface area contributed by atoms with Gasteiger partial charge in [-0.1, -0.05) is 30.3 Å². The number of Topliss-reactive ketones (excluding diaryl/α,β-unsaturated/α-hetero) is 1. The van der Waals surface area contributed by atoms with Gasteiger partial charge in [0.05, 0.1) is 49.9 Å². The fourth-order valence-electron chi connectivity index (χ4n) is 3.47. The number of allylic oxidation sites excluding steroid dienone is 1. The maximum absolute atomic E-state index is 13.3. The number of thiophene rings is 1. The van der Waals surface area contributed by atoms with Gasteiger partial charge < -0.3 is 15.5 Å². The molecule has 1 atom stereocenters. The number of hydrogen-bond donors (Lipinski definition) is 1. The highest BCUT2D eigenvalue weighted by Crippen LogP contribution is 2.45. The third-order valence-corrected chi connectivity index (χ3v) is 6.03. The lowest BCUT2D eigenvalue weighted by Crippen LogP contribution is -2.87. The Kier molecular flexibility index (Phi) is 9.05. The number of rotatable bonds is 5. The monoisotopic (exact) mass is 445 g/mol. The topological polar surface area (TPSA) is 137 Å². The summed E-state index contributed by atoms with van der Waals surface area (Å²) in [5.41, 5.74) is -1.97. The summed E-state index contributed by atoms with van der Waals surface area (Å²) < 4.78 is 5.04. The average molecular weight is 446 g/mol. The number of carbonyl (C=O) groups excluding carboxylic acids is 1. The molecule has 1 unspecified atom stereocenters. The van der Waals surface area contributed by atoms with Crippen LogP contribution in [0.4, 0.5) is 0 Å². The van der Waals surface area contributed by atoms with E-state index in [1.165, 1.54) is 11.3 Å². The van der Waals surface area contributed by atoms with Crippen LogP contribution >= 0.6 is 11.3 Å². The van der Waals surface area contributed by atoms with Gasteiger partial charge in [-0.15, -0.1) is 11.3 Å². The van der Waals surface area contributed by atoms with Gasteiger partial charge in [0.25, 0.3) is 0 Å². The van der Waals surface area contributed by atoms with Crippen LogP contribution in [0.5, 0.6) is 0 Å². The van der Waals surface area contributed by atoms with Gasteiger partial charge in [-0.25, -0.2) is 0 Å². The van der Waals surface area contributed by atoms with Crippen LogP contribution in [0.1, 0.15) is 31.6 Å². The zero-order valence-electron chi connectivity index (χ0n) is 18.0. The second-order valence-electron chi connectivity index (χ2n) is 7.14. The smallest absolute Gasteiger partial charge is 0.197 e. The van der Waals surface area contributed by atoms with Gasteiger partial charge in [-0.3, -0.25) is 10.7 Å². The molecule has 1 aliphatic rings. The first-order chi connectivity index (χ1) is 15.4. The van der Waals surface area contributed by atoms with E-state index in [2.05, 4.69) is 5.32 Å². The molecule has 0 aliphatic carbocycles. The number of aryl methyl sites for hydroxylation is 2. The second kappa shape index (κ2) is 11.7. The van der Waals surface area contributed by atoms with E-state index in [9.17, 15) is 26.0 Å². The molecular formula is C24H23N5O2S. The Hall–Kier alpha value is -3.57. The summed E-state index contributed by atoms with van der Waals surface area (Å²) >= 11 is 1.43. The molecule has 1 aliphatic heterocycles. The number of benzene rings is 1. The van der Waals surface area contributed by atoms with E-state index in [1.807, 2.05) is 6.92 Å². The van der Waals surface area contributed by atoms with Gasteiger partial charge in [0.2, 0.25) is 0 Å². The molecule has 162 valence electrons. The molecule has 1 aromatic carbocycles. The lowest BCUT2D eigenvalue weighted by Gasteiger charge is -2.27. The molecule has 1 aromatic heterocycles. The third-order valence-electron chi connectivity index (χ3n) is 5.05. The number of ketones is 1. The fraction of sp³-hybridized carbons (Fsp3) is 0.333. The predicted octanol–water partition coefficient (Wildman–Crippen LogP) is 2.63. The van der Waals surface area contributed by atoms with E-state index in [0.29, 0.717) is 11.1 Å². The van der Waals surface area contributed by atoms with Crippen LogP contribution in [0.3, 0.4) is 0 Å². The number of ether oxygens (including phenoxy) is 1. The van der Waals surface area contributed by atoms with Crippen LogP contribution in [-0.2, 0) is 4.74 Å². The molecule has 32 heavy (non-hydrogen) atoms. The Morgan fingerprint density at radius 3 is 2.16 bits per heavy atom. The van der Waals surface area contributed by atoms with E-state index in [1.54, 1.807) is 67.4 Å². The minimum atomic E-state index is -2.19. The predicted molar refractivity (Wildman–Crippen MR) is 121 cm³/mol. The maximum Gasteiger partial charge on any atom is 0.197 e. The van der Waals surface area contributed by atoms with E-state index < -0.39 is 22.7 Å². The second-order valence-corrected chi connectivity index (χ2v) is 8.60. The molecule has 7 nitrogen and oxygen atoms in total. The van der Waals surface area contributed by atoms with Crippen molar-refractivity contribution in [1.82, 2.24) is 0 Å². The van der Waals surface area contributed by atoms with E-state index in [-0.39, 0.29) is 0 Å². The van der Waals surface area contributed by atoms with Crippen molar-refractivity contribution in [2.75, 3.05) is 26.3 Å². The minimum absolute atomic E-state index is 0.311. The van der Waals surface area contributed by atoms with Crippen LogP contribution in [0, 0.1) is 53.3 Å². The van der Waals surface area contributed by atoms with Gasteiger partial charge in [0, 0.05) is 15.3 Å². The van der Waals surface area contributed by atoms with Gasteiger partial charge >= 0.3 is 0 Å². The molecule has 0 amide bonds. The highest BCUT2D eigenvalue weighted by atomic mass is 32.1. The summed E-state index contributed by atoms with van der Waals surface area (Å²) in [6, 6.07) is 15.2. The van der Waals surface area contributed by atoms with Crippen molar-refractivity contribution in [3.63, 3.8) is 0 Å². The Morgan fingerprint density at radius 1 is 1.16 bits per heavy atom. The number of quaternary nitrogens is 1. The molecule has 8 heteroatoms. The molecule has 3 rings (SSSR count). The Balaban J connectivity index is 0.000000520. The Bertz CT molecular complexity index is 1100. The summed E-state index contributed by atoms with van der Waals surface area (Å²) in [5, 5.41) is 40.5. The summed E-state index contributed by atoms with van der Waals surface area (Å²) in [5.74, 6) is -0.100. The van der Waals surface area contributed by atoms with E-state index >= 15 is 0 Å². The molecule has 0 saturated carbocycles. The van der Waals surface area contributed by atoms with E-state index in [4.69, 9.17) is 4.74 Å². The molecule has 0 radical (unpaired) electrons. The molecule has 0 spiro atoms. The molecule has 1 saturated heterocycles. The van der Waals surface area contributed by atoms with Crippen LogP contribution in [-0.4, -0.2) is 38.0 Å². The summed E-state index contributed by atoms with van der Waals surface area (Å²) in [7, 11) is 0. The van der Waals surface area contributed by atoms with Gasteiger partial charge in [0.1, 0.15) is 6.07 Å². The molecule has 2 aromatic rings. The standard InChI is InChI=1S/C20H13N4OS.C4H9NO/c1-13-8-17(14(2)26-13)18(19(25)15-6-4-3-5-7-15)20(11-23,12-24)16(9-21)10-22;1-3-6-4-2-5-1/h3-8,18H,1-2H3;5H,1-4H2/q-1;/p+1. The molecule has 1 fully saturated rings. The van der Waals surface area contributed by atoms with Crippen LogP contribution < -0.4 is 5.32 Å². The number of nitriles is 3. The van der Waals surface area contributed by atoms with Crippen molar-refractivity contribution in [3.8, 4) is 18.2 Å². The Labute approximate surface area is 191 Å². The lowest BCUT2D eigenvalue weighted by atomic mass is 9.67. The van der Waals surface area contributed by atoms with Crippen molar-refractivity contribution in [1.29, 1.82) is 15.8 Å². The number of hydrogen-bond acceptors (Lipinski definition) is 6. The van der Waals surface area contributed by atoms with Gasteiger partial charge in [-0.05, 0) is 25.5 Å². The van der Waals surface area contributed by atoms with E-state index in [0.717, 1.165) is 36.1 Å². The van der Waals surface area contributed by atoms with Crippen LogP contribution in [0.2, 0.25) is 0 Å². The zero-order valence-corrected chi connectivity index (χ0v) is 18.8. The SMILES string of the molecule is C1COCC[NH2+]1.Cc1cc(C(C(=O)c2ccccc2)C(C#N)(C#N)C(=C=[N-])C#N)c(C)s1. The van der Waals surface area contributed by atoms with Crippen LogP contribution in [0.25, 0.3) is 5.41 Å². The first-order valence-corrected chi connectivity index (χ1v) is 10.8. The average Bonchev–Trinajstić information content (AvgIpc) is 3.17. The highest BCUT2D eigenvalue weighted by Gasteiger charge is 2.49. The third kappa shape index (κ3) is 5.37. The van der Waals surface area contributed by atoms with Gasteiger partial charge in [0.15, 0.2) is 11.2 Å². The largest absolute Gasteiger partial charge is 0.762 e. The van der Waals surface area contributed by atoms with Crippen LogP contribution in [0.15, 0.2) is 42.0 Å². The Morgan fingerprint density at radius 2 is 1.78 bits per heavy atom.